The number of carbonyl (C=O) groups is 4. The molecule has 0 fully saturated rings. The Hall–Kier alpha value is -1.89. The molecule has 0 bridgehead atoms. The van der Waals surface area contributed by atoms with Gasteiger partial charge in [0.2, 0.25) is 17.7 Å². The number of amides is 3. The van der Waals surface area contributed by atoms with Gasteiger partial charge in [0, 0.05) is 0 Å². The Balaban J connectivity index is 5.22. The van der Waals surface area contributed by atoms with E-state index in [4.69, 9.17) is 11.5 Å². The number of aliphatic carboxylic acids is 1. The Labute approximate surface area is 181 Å². The molecule has 0 rings (SSSR count). The summed E-state index contributed by atoms with van der Waals surface area (Å²) >= 11 is 1.47. The Morgan fingerprint density at radius 2 is 1.53 bits per heavy atom. The molecule has 5 unspecified atom stereocenters. The smallest absolute Gasteiger partial charge is 0.326 e. The van der Waals surface area contributed by atoms with Crippen LogP contribution in [0.3, 0.4) is 0 Å². The lowest BCUT2D eigenvalue weighted by atomic mass is 10.1. The van der Waals surface area contributed by atoms with E-state index in [1.807, 2.05) is 6.26 Å². The molecule has 174 valence electrons. The van der Waals surface area contributed by atoms with Gasteiger partial charge in [-0.2, -0.15) is 11.8 Å². The SMILES string of the molecule is CSCCC(NC(=O)C(C)N)C(=O)NC(C(=O)NC(CCCCN)C(=O)O)C(C)O. The number of thioether (sulfide) groups is 1. The van der Waals surface area contributed by atoms with Crippen molar-refractivity contribution in [1.82, 2.24) is 16.0 Å². The van der Waals surface area contributed by atoms with E-state index in [-0.39, 0.29) is 12.8 Å². The molecular weight excluding hydrogens is 414 g/mol. The fraction of sp³-hybridized carbons (Fsp3) is 0.778. The van der Waals surface area contributed by atoms with Crippen molar-refractivity contribution < 1.29 is 29.4 Å². The zero-order valence-electron chi connectivity index (χ0n) is 17.7. The molecule has 0 aliphatic heterocycles. The van der Waals surface area contributed by atoms with E-state index < -0.39 is 54.0 Å². The molecule has 0 heterocycles. The number of aliphatic hydroxyl groups excluding tert-OH is 1. The second kappa shape index (κ2) is 15.0. The van der Waals surface area contributed by atoms with Crippen molar-refractivity contribution in [2.45, 2.75) is 69.8 Å². The third-order valence-electron chi connectivity index (χ3n) is 4.28. The number of nitrogens with one attached hydrogen (secondary N) is 3. The van der Waals surface area contributed by atoms with Gasteiger partial charge in [-0.3, -0.25) is 14.4 Å². The van der Waals surface area contributed by atoms with Crippen molar-refractivity contribution in [2.24, 2.45) is 11.5 Å². The molecule has 0 aromatic rings. The predicted octanol–water partition coefficient (Wildman–Crippen LogP) is -1.86. The molecule has 12 heteroatoms. The normalized spacial score (nSPS) is 15.9. The first-order valence-corrected chi connectivity index (χ1v) is 11.2. The van der Waals surface area contributed by atoms with Crippen LogP contribution in [0.4, 0.5) is 0 Å². The van der Waals surface area contributed by atoms with Gasteiger partial charge in [-0.15, -0.1) is 0 Å². The minimum atomic E-state index is -1.39. The maximum absolute atomic E-state index is 12.7. The van der Waals surface area contributed by atoms with E-state index >= 15 is 0 Å². The number of hydrogen-bond acceptors (Lipinski definition) is 8. The van der Waals surface area contributed by atoms with E-state index in [0.717, 1.165) is 0 Å². The first kappa shape index (κ1) is 28.1. The number of hydrogen-bond donors (Lipinski definition) is 7. The summed E-state index contributed by atoms with van der Waals surface area (Å²) in [6, 6.07) is -4.34. The molecule has 0 saturated carbocycles. The highest BCUT2D eigenvalue weighted by molar-refractivity contribution is 7.98. The second-order valence-electron chi connectivity index (χ2n) is 7.04. The Kier molecular flexibility index (Phi) is 14.0. The van der Waals surface area contributed by atoms with Crippen LogP contribution in [-0.2, 0) is 19.2 Å². The van der Waals surface area contributed by atoms with Crippen molar-refractivity contribution in [3.63, 3.8) is 0 Å². The molecule has 0 radical (unpaired) electrons. The molecule has 30 heavy (non-hydrogen) atoms. The zero-order chi connectivity index (χ0) is 23.3. The number of carboxylic acid groups (broad SMARTS) is 1. The maximum atomic E-state index is 12.7. The molecule has 0 aliphatic rings. The zero-order valence-corrected chi connectivity index (χ0v) is 18.5. The van der Waals surface area contributed by atoms with Crippen LogP contribution in [-0.4, -0.2) is 82.7 Å². The lowest BCUT2D eigenvalue weighted by molar-refractivity contribution is -0.143. The summed E-state index contributed by atoms with van der Waals surface area (Å²) in [5.74, 6) is -2.70. The van der Waals surface area contributed by atoms with Crippen LogP contribution in [0.5, 0.6) is 0 Å². The number of carbonyl (C=O) groups excluding carboxylic acids is 3. The number of unbranched alkanes of at least 4 members (excludes halogenated alkanes) is 1. The summed E-state index contributed by atoms with van der Waals surface area (Å²) in [5.41, 5.74) is 10.9. The molecule has 11 nitrogen and oxygen atoms in total. The van der Waals surface area contributed by atoms with E-state index in [9.17, 15) is 29.4 Å². The van der Waals surface area contributed by atoms with Crippen LogP contribution < -0.4 is 27.4 Å². The molecule has 0 spiro atoms. The first-order valence-electron chi connectivity index (χ1n) is 9.81. The third-order valence-corrected chi connectivity index (χ3v) is 4.93. The van der Waals surface area contributed by atoms with Crippen molar-refractivity contribution in [2.75, 3.05) is 18.6 Å². The molecule has 5 atom stereocenters. The van der Waals surface area contributed by atoms with Gasteiger partial charge in [-0.05, 0) is 58.1 Å². The molecule has 0 aromatic carbocycles. The van der Waals surface area contributed by atoms with Gasteiger partial charge in [0.05, 0.1) is 12.1 Å². The molecular formula is C18H35N5O6S. The summed E-state index contributed by atoms with van der Waals surface area (Å²) in [4.78, 5) is 48.5. The highest BCUT2D eigenvalue weighted by atomic mass is 32.2. The highest BCUT2D eigenvalue weighted by Gasteiger charge is 2.32. The second-order valence-corrected chi connectivity index (χ2v) is 8.03. The van der Waals surface area contributed by atoms with Gasteiger partial charge in [0.15, 0.2) is 0 Å². The van der Waals surface area contributed by atoms with E-state index in [1.54, 1.807) is 0 Å². The third kappa shape index (κ3) is 10.8. The number of rotatable bonds is 15. The average Bonchev–Trinajstić information content (AvgIpc) is 2.67. The van der Waals surface area contributed by atoms with Gasteiger partial charge in [-0.1, -0.05) is 0 Å². The minimum Gasteiger partial charge on any atom is -0.480 e. The van der Waals surface area contributed by atoms with Gasteiger partial charge in [0.1, 0.15) is 18.1 Å². The first-order chi connectivity index (χ1) is 14.0. The molecule has 0 aromatic heterocycles. The molecule has 3 amide bonds. The summed E-state index contributed by atoms with van der Waals surface area (Å²) in [7, 11) is 0. The van der Waals surface area contributed by atoms with Gasteiger partial charge in [-0.25, -0.2) is 4.79 Å². The average molecular weight is 450 g/mol. The van der Waals surface area contributed by atoms with Gasteiger partial charge in [0.25, 0.3) is 0 Å². The molecule has 0 aliphatic carbocycles. The molecule has 0 saturated heterocycles. The molecule has 9 N–H and O–H groups in total. The summed E-state index contributed by atoms with van der Waals surface area (Å²) in [5, 5.41) is 26.5. The Morgan fingerprint density at radius 3 is 2.00 bits per heavy atom. The van der Waals surface area contributed by atoms with Crippen LogP contribution >= 0.6 is 11.8 Å². The summed E-state index contributed by atoms with van der Waals surface area (Å²) in [6.07, 6.45) is 2.10. The van der Waals surface area contributed by atoms with E-state index in [2.05, 4.69) is 16.0 Å². The predicted molar refractivity (Wildman–Crippen MR) is 115 cm³/mol. The summed E-state index contributed by atoms with van der Waals surface area (Å²) < 4.78 is 0. The standard InChI is InChI=1S/C18H35N5O6S/c1-10(20)15(25)21-12(7-9-30-3)16(26)23-14(11(2)24)17(27)22-13(18(28)29)6-4-5-8-19/h10-14,24H,4-9,19-20H2,1-3H3,(H,21,25)(H,22,27)(H,23,26)(H,28,29). The number of nitrogens with two attached hydrogens (primary N) is 2. The minimum absolute atomic E-state index is 0.166. The fourth-order valence-electron chi connectivity index (χ4n) is 2.48. The highest BCUT2D eigenvalue weighted by Crippen LogP contribution is 2.05. The van der Waals surface area contributed by atoms with Crippen LogP contribution in [0.15, 0.2) is 0 Å². The van der Waals surface area contributed by atoms with E-state index in [1.165, 1.54) is 25.6 Å². The van der Waals surface area contributed by atoms with Gasteiger partial charge >= 0.3 is 5.97 Å². The lowest BCUT2D eigenvalue weighted by Crippen LogP contribution is -2.59. The van der Waals surface area contributed by atoms with Gasteiger partial charge < -0.3 is 37.6 Å². The van der Waals surface area contributed by atoms with Crippen LogP contribution in [0, 0.1) is 0 Å². The monoisotopic (exact) mass is 449 g/mol. The van der Waals surface area contributed by atoms with Crippen molar-refractivity contribution in [3.05, 3.63) is 0 Å². The van der Waals surface area contributed by atoms with E-state index in [0.29, 0.717) is 25.1 Å². The topological polar surface area (TPSA) is 197 Å². The van der Waals surface area contributed by atoms with Crippen LogP contribution in [0.1, 0.15) is 39.5 Å². The number of carboxylic acids is 1. The van der Waals surface area contributed by atoms with Crippen molar-refractivity contribution in [3.8, 4) is 0 Å². The van der Waals surface area contributed by atoms with Crippen LogP contribution in [0.2, 0.25) is 0 Å². The maximum Gasteiger partial charge on any atom is 0.326 e. The quantitative estimate of drug-likeness (QED) is 0.140. The largest absolute Gasteiger partial charge is 0.480 e. The Morgan fingerprint density at radius 1 is 0.933 bits per heavy atom. The summed E-state index contributed by atoms with van der Waals surface area (Å²) in [6.45, 7) is 3.17. The van der Waals surface area contributed by atoms with Crippen molar-refractivity contribution in [1.29, 1.82) is 0 Å². The van der Waals surface area contributed by atoms with Crippen molar-refractivity contribution >= 4 is 35.5 Å². The number of aliphatic hydroxyl groups is 1. The fourth-order valence-corrected chi connectivity index (χ4v) is 2.95. The van der Waals surface area contributed by atoms with Crippen LogP contribution in [0.25, 0.3) is 0 Å². The Bertz CT molecular complexity index is 575. The lowest BCUT2D eigenvalue weighted by Gasteiger charge is -2.26.